The highest BCUT2D eigenvalue weighted by Gasteiger charge is 2.34. The minimum absolute atomic E-state index is 0.00647. The highest BCUT2D eigenvalue weighted by molar-refractivity contribution is 6.31. The summed E-state index contributed by atoms with van der Waals surface area (Å²) in [6, 6.07) is 10.2. The van der Waals surface area contributed by atoms with Gasteiger partial charge in [0.2, 0.25) is 11.8 Å². The fraction of sp³-hybridized carbons (Fsp3) is 0.333. The maximum absolute atomic E-state index is 13.3. The Hall–Kier alpha value is -3.46. The van der Waals surface area contributed by atoms with Crippen molar-refractivity contribution in [1.82, 2.24) is 20.4 Å². The zero-order chi connectivity index (χ0) is 25.0. The Bertz CT molecular complexity index is 1220. The van der Waals surface area contributed by atoms with Crippen LogP contribution in [0.4, 0.5) is 4.39 Å². The first-order valence-electron chi connectivity index (χ1n) is 10.7. The van der Waals surface area contributed by atoms with Crippen LogP contribution >= 0.6 is 11.6 Å². The molecule has 3 aromatic rings. The fourth-order valence-electron chi connectivity index (χ4n) is 3.49. The minimum atomic E-state index is -0.899. The molecule has 8 nitrogen and oxygen atoms in total. The molecule has 0 unspecified atom stereocenters. The number of hydrogen-bond donors (Lipinski definition) is 3. The van der Waals surface area contributed by atoms with Crippen molar-refractivity contribution in [2.24, 2.45) is 11.1 Å². The summed E-state index contributed by atoms with van der Waals surface area (Å²) in [7, 11) is 0. The molecular formula is C24H27ClFN5O3. The largest absolute Gasteiger partial charge is 0.370 e. The number of nitrogens with zero attached hydrogens (tertiary/aromatic N) is 2. The second-order valence-electron chi connectivity index (χ2n) is 9.07. The average Bonchev–Trinajstić information content (AvgIpc) is 3.09. The lowest BCUT2D eigenvalue weighted by Crippen LogP contribution is -2.54. The van der Waals surface area contributed by atoms with Crippen LogP contribution in [0, 0.1) is 11.2 Å². The van der Waals surface area contributed by atoms with Gasteiger partial charge in [-0.15, -0.1) is 0 Å². The second-order valence-corrected chi connectivity index (χ2v) is 9.51. The third-order valence-electron chi connectivity index (χ3n) is 5.25. The van der Waals surface area contributed by atoms with Crippen LogP contribution in [0.3, 0.4) is 0 Å². The molecule has 0 saturated carbocycles. The van der Waals surface area contributed by atoms with Gasteiger partial charge < -0.3 is 16.4 Å². The van der Waals surface area contributed by atoms with Crippen LogP contribution in [0.25, 0.3) is 10.9 Å². The summed E-state index contributed by atoms with van der Waals surface area (Å²) >= 11 is 6.18. The van der Waals surface area contributed by atoms with Gasteiger partial charge in [0.1, 0.15) is 11.9 Å². The molecule has 0 fully saturated rings. The Morgan fingerprint density at radius 1 is 1.15 bits per heavy atom. The van der Waals surface area contributed by atoms with Crippen molar-refractivity contribution in [2.45, 2.75) is 39.8 Å². The maximum atomic E-state index is 13.3. The quantitative estimate of drug-likeness (QED) is 0.452. The number of nitrogens with two attached hydrogens (primary N) is 1. The first-order chi connectivity index (χ1) is 16.0. The number of nitrogens with one attached hydrogen (secondary N) is 2. The van der Waals surface area contributed by atoms with E-state index in [-0.39, 0.29) is 24.5 Å². The molecule has 3 amide bonds. The van der Waals surface area contributed by atoms with Gasteiger partial charge in [-0.1, -0.05) is 44.5 Å². The van der Waals surface area contributed by atoms with E-state index in [1.807, 2.05) is 20.8 Å². The third-order valence-corrected chi connectivity index (χ3v) is 5.48. The van der Waals surface area contributed by atoms with E-state index in [0.29, 0.717) is 22.5 Å². The minimum Gasteiger partial charge on any atom is -0.370 e. The molecule has 34 heavy (non-hydrogen) atoms. The van der Waals surface area contributed by atoms with Gasteiger partial charge in [-0.3, -0.25) is 19.1 Å². The molecule has 0 bridgehead atoms. The fourth-order valence-corrected chi connectivity index (χ4v) is 3.66. The topological polar surface area (TPSA) is 119 Å². The standard InChI is InChI=1S/C24H27ClFN5O3/c1-24(2,3)21(23(34)28-11-10-19(27)32)29-22(33)20-17-12-15(25)6-9-18(17)31(30-20)13-14-4-7-16(26)8-5-14/h4-9,12,21H,10-11,13H2,1-3H3,(H2,27,32)(H,28,34)(H,29,33)/t21-/m1/s1. The monoisotopic (exact) mass is 487 g/mol. The molecule has 1 aromatic heterocycles. The third kappa shape index (κ3) is 6.11. The van der Waals surface area contributed by atoms with Crippen LogP contribution in [0.2, 0.25) is 5.02 Å². The number of aromatic nitrogens is 2. The van der Waals surface area contributed by atoms with E-state index < -0.39 is 29.2 Å². The van der Waals surface area contributed by atoms with E-state index in [0.717, 1.165) is 5.56 Å². The molecule has 0 aliphatic carbocycles. The van der Waals surface area contributed by atoms with Crippen LogP contribution in [0.1, 0.15) is 43.2 Å². The first kappa shape index (κ1) is 25.2. The average molecular weight is 488 g/mol. The van der Waals surface area contributed by atoms with Gasteiger partial charge >= 0.3 is 0 Å². The predicted molar refractivity (Wildman–Crippen MR) is 128 cm³/mol. The molecule has 0 saturated heterocycles. The van der Waals surface area contributed by atoms with E-state index in [9.17, 15) is 18.8 Å². The highest BCUT2D eigenvalue weighted by atomic mass is 35.5. The summed E-state index contributed by atoms with van der Waals surface area (Å²) in [6.07, 6.45) is -0.00647. The Morgan fingerprint density at radius 3 is 2.44 bits per heavy atom. The number of carbonyl (C=O) groups excluding carboxylic acids is 3. The molecule has 2 aromatic carbocycles. The molecule has 0 radical (unpaired) electrons. The van der Waals surface area contributed by atoms with Gasteiger partial charge in [-0.05, 0) is 41.3 Å². The smallest absolute Gasteiger partial charge is 0.273 e. The lowest BCUT2D eigenvalue weighted by molar-refractivity contribution is -0.125. The summed E-state index contributed by atoms with van der Waals surface area (Å²) in [5.74, 6) is -1.86. The Labute approximate surface area is 201 Å². The van der Waals surface area contributed by atoms with Crippen molar-refractivity contribution < 1.29 is 18.8 Å². The molecule has 0 spiro atoms. The van der Waals surface area contributed by atoms with Crippen LogP contribution in [-0.2, 0) is 16.1 Å². The predicted octanol–water partition coefficient (Wildman–Crippen LogP) is 3.01. The lowest BCUT2D eigenvalue weighted by atomic mass is 9.86. The van der Waals surface area contributed by atoms with Gasteiger partial charge in [-0.25, -0.2) is 4.39 Å². The second kappa shape index (κ2) is 10.2. The van der Waals surface area contributed by atoms with E-state index >= 15 is 0 Å². The van der Waals surface area contributed by atoms with E-state index in [4.69, 9.17) is 17.3 Å². The highest BCUT2D eigenvalue weighted by Crippen LogP contribution is 2.25. The lowest BCUT2D eigenvalue weighted by Gasteiger charge is -2.30. The van der Waals surface area contributed by atoms with Gasteiger partial charge in [-0.2, -0.15) is 5.10 Å². The number of halogens is 2. The number of fused-ring (bicyclic) bond motifs is 1. The maximum Gasteiger partial charge on any atom is 0.273 e. The zero-order valence-corrected chi connectivity index (χ0v) is 19.9. The molecular weight excluding hydrogens is 461 g/mol. The number of rotatable bonds is 8. The van der Waals surface area contributed by atoms with Gasteiger partial charge in [0.15, 0.2) is 5.69 Å². The summed E-state index contributed by atoms with van der Waals surface area (Å²) in [6.45, 7) is 5.82. The Morgan fingerprint density at radius 2 is 1.82 bits per heavy atom. The summed E-state index contributed by atoms with van der Waals surface area (Å²) in [5, 5.41) is 10.8. The molecule has 10 heteroatoms. The van der Waals surface area contributed by atoms with E-state index in [1.54, 1.807) is 35.0 Å². The van der Waals surface area contributed by atoms with Crippen molar-refractivity contribution in [1.29, 1.82) is 0 Å². The van der Waals surface area contributed by atoms with Crippen molar-refractivity contribution >= 4 is 40.2 Å². The summed E-state index contributed by atoms with van der Waals surface area (Å²) in [4.78, 5) is 37.0. The van der Waals surface area contributed by atoms with Crippen molar-refractivity contribution in [2.75, 3.05) is 6.54 Å². The molecule has 3 rings (SSSR count). The molecule has 180 valence electrons. The molecule has 1 heterocycles. The van der Waals surface area contributed by atoms with Gasteiger partial charge in [0.25, 0.3) is 5.91 Å². The van der Waals surface area contributed by atoms with Gasteiger partial charge in [0.05, 0.1) is 12.1 Å². The number of hydrogen-bond acceptors (Lipinski definition) is 4. The zero-order valence-electron chi connectivity index (χ0n) is 19.2. The van der Waals surface area contributed by atoms with Crippen LogP contribution in [0.15, 0.2) is 42.5 Å². The van der Waals surface area contributed by atoms with E-state index in [2.05, 4.69) is 15.7 Å². The van der Waals surface area contributed by atoms with Crippen LogP contribution in [0.5, 0.6) is 0 Å². The normalized spacial score (nSPS) is 12.4. The summed E-state index contributed by atoms with van der Waals surface area (Å²) < 4.78 is 14.9. The summed E-state index contributed by atoms with van der Waals surface area (Å²) in [5.41, 5.74) is 6.07. The van der Waals surface area contributed by atoms with Crippen molar-refractivity contribution in [3.63, 3.8) is 0 Å². The number of carbonyl (C=O) groups is 3. The molecule has 1 atom stereocenters. The molecule has 0 aliphatic rings. The Balaban J connectivity index is 1.90. The Kier molecular flexibility index (Phi) is 7.56. The number of benzene rings is 2. The SMILES string of the molecule is CC(C)(C)[C@H](NC(=O)c1nn(Cc2ccc(F)cc2)c2ccc(Cl)cc12)C(=O)NCCC(N)=O. The van der Waals surface area contributed by atoms with E-state index in [1.165, 1.54) is 12.1 Å². The van der Waals surface area contributed by atoms with Crippen molar-refractivity contribution in [3.05, 3.63) is 64.6 Å². The number of primary amides is 1. The molecule has 0 aliphatic heterocycles. The molecule has 4 N–H and O–H groups in total. The van der Waals surface area contributed by atoms with Gasteiger partial charge in [0, 0.05) is 23.4 Å². The van der Waals surface area contributed by atoms with Crippen LogP contribution in [-0.4, -0.2) is 40.1 Å². The van der Waals surface area contributed by atoms with Crippen molar-refractivity contribution in [3.8, 4) is 0 Å². The van der Waals surface area contributed by atoms with Crippen LogP contribution < -0.4 is 16.4 Å². The first-order valence-corrected chi connectivity index (χ1v) is 11.1. The number of amides is 3.